The number of nitrogens with one attached hydrogen (secondary N) is 1. The Balaban J connectivity index is 1.46. The smallest absolute Gasteiger partial charge is 0.171 e. The summed E-state index contributed by atoms with van der Waals surface area (Å²) in [6, 6.07) is 1.92. The molecule has 2 aromatic heterocycles. The summed E-state index contributed by atoms with van der Waals surface area (Å²) in [5.41, 5.74) is 1.98. The second kappa shape index (κ2) is 5.50. The number of nitrogens with zero attached hydrogens (tertiary/aromatic N) is 4. The third kappa shape index (κ3) is 2.26. The van der Waals surface area contributed by atoms with Crippen LogP contribution in [0.25, 0.3) is 10.2 Å². The lowest BCUT2D eigenvalue weighted by atomic mass is 10.1. The molecule has 0 aromatic carbocycles. The van der Waals surface area contributed by atoms with Gasteiger partial charge in [-0.1, -0.05) is 6.08 Å². The van der Waals surface area contributed by atoms with Crippen molar-refractivity contribution in [2.75, 3.05) is 19.0 Å². The summed E-state index contributed by atoms with van der Waals surface area (Å²) >= 11 is 1.35. The third-order valence-corrected chi connectivity index (χ3v) is 6.21. The van der Waals surface area contributed by atoms with Gasteiger partial charge in [0, 0.05) is 32.4 Å². The van der Waals surface area contributed by atoms with Crippen LogP contribution in [0.3, 0.4) is 0 Å². The van der Waals surface area contributed by atoms with E-state index in [4.69, 9.17) is 4.74 Å². The monoisotopic (exact) mass is 379 g/mol. The molecule has 8 heteroatoms. The Kier molecular flexibility index (Phi) is 3.30. The molecule has 3 aliphatic rings. The van der Waals surface area contributed by atoms with E-state index in [0.29, 0.717) is 10.6 Å². The largest absolute Gasteiger partial charge is 0.470 e. The van der Waals surface area contributed by atoms with Crippen LogP contribution in [0.15, 0.2) is 46.2 Å². The first-order valence-electron chi connectivity index (χ1n) is 8.54. The topological polar surface area (TPSA) is 79.2 Å². The van der Waals surface area contributed by atoms with Crippen molar-refractivity contribution < 1.29 is 9.53 Å². The van der Waals surface area contributed by atoms with Crippen LogP contribution in [0.4, 0.5) is 11.4 Å². The van der Waals surface area contributed by atoms with Crippen molar-refractivity contribution >= 4 is 52.0 Å². The van der Waals surface area contributed by atoms with E-state index >= 15 is 0 Å². The highest BCUT2D eigenvalue weighted by molar-refractivity contribution is 7.21. The van der Waals surface area contributed by atoms with E-state index in [-0.39, 0.29) is 11.1 Å². The van der Waals surface area contributed by atoms with Crippen LogP contribution in [0, 0.1) is 0 Å². The average Bonchev–Trinajstić information content (AvgIpc) is 2.96. The Labute approximate surface area is 159 Å². The van der Waals surface area contributed by atoms with Gasteiger partial charge >= 0.3 is 0 Å². The highest BCUT2D eigenvalue weighted by atomic mass is 32.1. The fourth-order valence-electron chi connectivity index (χ4n) is 3.70. The minimum Gasteiger partial charge on any atom is -0.470 e. The molecule has 7 nitrogen and oxygen atoms in total. The molecule has 0 spiro atoms. The molecule has 1 fully saturated rings. The van der Waals surface area contributed by atoms with Crippen molar-refractivity contribution in [2.45, 2.75) is 17.6 Å². The van der Waals surface area contributed by atoms with Gasteiger partial charge in [0.2, 0.25) is 0 Å². The number of rotatable bonds is 5. The first-order valence-corrected chi connectivity index (χ1v) is 9.36. The van der Waals surface area contributed by atoms with Crippen molar-refractivity contribution in [3.05, 3.63) is 41.1 Å². The van der Waals surface area contributed by atoms with Gasteiger partial charge in [-0.2, -0.15) is 0 Å². The van der Waals surface area contributed by atoms with Crippen molar-refractivity contribution in [2.24, 2.45) is 9.98 Å². The molecule has 5 rings (SSSR count). The van der Waals surface area contributed by atoms with Crippen LogP contribution in [0.1, 0.15) is 16.1 Å². The van der Waals surface area contributed by atoms with Crippen LogP contribution in [-0.2, 0) is 4.74 Å². The Morgan fingerprint density at radius 3 is 3.15 bits per heavy atom. The molecule has 0 radical (unpaired) electrons. The first-order chi connectivity index (χ1) is 13.1. The SMILES string of the molecule is CN(C)c1ccnc2sc(C=O)c(N=CNC3=CC45CC4(C=C3)N=CO5)c12. The highest BCUT2D eigenvalue weighted by Crippen LogP contribution is 2.60. The number of carbonyl (C=O) groups excluding carboxylic acids is 1. The number of hydrogen-bond donors (Lipinski definition) is 1. The number of ether oxygens (including phenoxy) is 1. The van der Waals surface area contributed by atoms with Crippen LogP contribution in [0.5, 0.6) is 0 Å². The normalized spacial score (nSPS) is 27.3. The van der Waals surface area contributed by atoms with Gasteiger partial charge in [0.15, 0.2) is 18.3 Å². The number of aldehydes is 1. The number of thiophene rings is 1. The summed E-state index contributed by atoms with van der Waals surface area (Å²) < 4.78 is 5.67. The standard InChI is InChI=1S/C19H17N5O2S/c1-24(2)13-4-6-20-17-15(13)16(14(8-25)27-17)22-10-21-12-3-5-18-9-19(18,7-12)26-11-23-18/h3-8,10-11H,9H2,1-2H3,(H,21,22). The Morgan fingerprint density at radius 2 is 2.33 bits per heavy atom. The van der Waals surface area contributed by atoms with Gasteiger partial charge in [0.05, 0.1) is 28.0 Å². The third-order valence-electron chi connectivity index (χ3n) is 5.20. The number of hydrogen-bond acceptors (Lipinski definition) is 7. The van der Waals surface area contributed by atoms with Gasteiger partial charge in [-0.15, -0.1) is 11.3 Å². The van der Waals surface area contributed by atoms with Crippen LogP contribution in [0.2, 0.25) is 0 Å². The molecule has 1 aliphatic heterocycles. The number of fused-ring (bicyclic) bond motifs is 1. The molecular formula is C19H17N5O2S. The van der Waals surface area contributed by atoms with Gasteiger partial charge in [-0.05, 0) is 18.2 Å². The predicted octanol–water partition coefficient (Wildman–Crippen LogP) is 2.82. The molecule has 0 bridgehead atoms. The second-order valence-electron chi connectivity index (χ2n) is 7.02. The molecule has 1 saturated carbocycles. The lowest BCUT2D eigenvalue weighted by molar-refractivity contribution is 0.112. The maximum Gasteiger partial charge on any atom is 0.171 e. The number of allylic oxidation sites excluding steroid dienone is 1. The average molecular weight is 379 g/mol. The van der Waals surface area contributed by atoms with E-state index in [1.165, 1.54) is 17.7 Å². The summed E-state index contributed by atoms with van der Waals surface area (Å²) in [6.07, 6.45) is 12.7. The summed E-state index contributed by atoms with van der Waals surface area (Å²) in [6.45, 7) is 0. The summed E-state index contributed by atoms with van der Waals surface area (Å²) in [5.74, 6) is 0. The molecule has 136 valence electrons. The molecule has 2 atom stereocenters. The zero-order valence-electron chi connectivity index (χ0n) is 14.8. The van der Waals surface area contributed by atoms with Gasteiger partial charge < -0.3 is 15.0 Å². The molecule has 3 heterocycles. The van der Waals surface area contributed by atoms with Crippen LogP contribution >= 0.6 is 11.3 Å². The molecular weight excluding hydrogens is 362 g/mol. The number of pyridine rings is 1. The molecule has 2 unspecified atom stereocenters. The van der Waals surface area contributed by atoms with E-state index in [0.717, 1.165) is 34.3 Å². The van der Waals surface area contributed by atoms with Crippen LogP contribution in [-0.4, -0.2) is 49.2 Å². The summed E-state index contributed by atoms with van der Waals surface area (Å²) in [7, 11) is 3.92. The van der Waals surface area contributed by atoms with Crippen molar-refractivity contribution in [1.82, 2.24) is 10.3 Å². The fraction of sp³-hybridized carbons (Fsp3) is 0.263. The Hall–Kier alpha value is -3.00. The molecule has 1 N–H and O–H groups in total. The molecule has 0 amide bonds. The summed E-state index contributed by atoms with van der Waals surface area (Å²) in [5, 5.41) is 4.07. The minimum atomic E-state index is -0.330. The highest BCUT2D eigenvalue weighted by Gasteiger charge is 2.71. The Bertz CT molecular complexity index is 1080. The molecule has 2 aliphatic carbocycles. The van der Waals surface area contributed by atoms with E-state index in [2.05, 4.69) is 26.4 Å². The molecule has 2 aromatic rings. The Morgan fingerprint density at radius 1 is 1.44 bits per heavy atom. The summed E-state index contributed by atoms with van der Waals surface area (Å²) in [4.78, 5) is 28.2. The fourth-order valence-corrected chi connectivity index (χ4v) is 4.62. The zero-order chi connectivity index (χ0) is 18.6. The molecule has 27 heavy (non-hydrogen) atoms. The van der Waals surface area contributed by atoms with E-state index in [1.54, 1.807) is 12.5 Å². The lowest BCUT2D eigenvalue weighted by Gasteiger charge is -2.15. The predicted molar refractivity (Wildman–Crippen MR) is 108 cm³/mol. The number of aliphatic imine (C=N–C) groups is 2. The van der Waals surface area contributed by atoms with Gasteiger partial charge in [0.1, 0.15) is 10.4 Å². The number of aromatic nitrogens is 1. The quantitative estimate of drug-likeness (QED) is 0.491. The van der Waals surface area contributed by atoms with Gasteiger partial charge in [-0.3, -0.25) is 4.79 Å². The first kappa shape index (κ1) is 16.2. The minimum absolute atomic E-state index is 0.199. The number of carbonyl (C=O) groups is 1. The van der Waals surface area contributed by atoms with Crippen molar-refractivity contribution in [3.8, 4) is 0 Å². The second-order valence-corrected chi connectivity index (χ2v) is 8.05. The van der Waals surface area contributed by atoms with E-state index < -0.39 is 0 Å². The lowest BCUT2D eigenvalue weighted by Crippen LogP contribution is -2.24. The maximum absolute atomic E-state index is 11.5. The van der Waals surface area contributed by atoms with Crippen molar-refractivity contribution in [1.29, 1.82) is 0 Å². The van der Waals surface area contributed by atoms with Crippen LogP contribution < -0.4 is 10.2 Å². The van der Waals surface area contributed by atoms with Gasteiger partial charge in [0.25, 0.3) is 0 Å². The maximum atomic E-state index is 11.5. The number of anilines is 1. The van der Waals surface area contributed by atoms with Crippen molar-refractivity contribution in [3.63, 3.8) is 0 Å². The van der Waals surface area contributed by atoms with E-state index in [1.807, 2.05) is 37.2 Å². The molecule has 0 saturated heterocycles. The van der Waals surface area contributed by atoms with Gasteiger partial charge in [-0.25, -0.2) is 15.0 Å². The zero-order valence-corrected chi connectivity index (χ0v) is 15.7. The van der Waals surface area contributed by atoms with E-state index in [9.17, 15) is 4.79 Å².